The van der Waals surface area contributed by atoms with Crippen molar-refractivity contribution in [2.24, 2.45) is 0 Å². The van der Waals surface area contributed by atoms with Crippen LogP contribution in [-0.4, -0.2) is 30.1 Å². The molecule has 160 valence electrons. The number of fused-ring (bicyclic) bond motifs is 2. The molecule has 4 heterocycles. The van der Waals surface area contributed by atoms with E-state index in [2.05, 4.69) is 22.2 Å². The molecule has 7 nitrogen and oxygen atoms in total. The number of imidazole rings is 1. The van der Waals surface area contributed by atoms with E-state index in [1.807, 2.05) is 77.7 Å². The Bertz CT molecular complexity index is 1460. The van der Waals surface area contributed by atoms with Gasteiger partial charge in [-0.2, -0.15) is 5.10 Å². The van der Waals surface area contributed by atoms with E-state index in [4.69, 9.17) is 5.10 Å². The second kappa shape index (κ2) is 7.92. The molecule has 0 atom stereocenters. The van der Waals surface area contributed by atoms with E-state index < -0.39 is 0 Å². The van der Waals surface area contributed by atoms with Gasteiger partial charge in [0.15, 0.2) is 0 Å². The minimum absolute atomic E-state index is 0.207. The standard InChI is InChI=1S/C25H24N6O/c1-4-18-11-12-30-22(14-26-23(30)13-18)25(32)28-20-9-6-10-21-24(20)17(3)29-31(21)15-19-8-5-7-16(2)27-19/h5-14H,4,15H2,1-3H3,(H,28,32). The van der Waals surface area contributed by atoms with Gasteiger partial charge in [0, 0.05) is 17.3 Å². The summed E-state index contributed by atoms with van der Waals surface area (Å²) in [7, 11) is 0. The van der Waals surface area contributed by atoms with E-state index in [1.54, 1.807) is 6.20 Å². The maximum absolute atomic E-state index is 13.1. The van der Waals surface area contributed by atoms with Crippen molar-refractivity contribution in [3.05, 3.63) is 89.3 Å². The molecule has 0 saturated heterocycles. The number of carbonyl (C=O) groups is 1. The van der Waals surface area contributed by atoms with Crippen molar-refractivity contribution in [3.8, 4) is 0 Å². The van der Waals surface area contributed by atoms with E-state index in [-0.39, 0.29) is 5.91 Å². The van der Waals surface area contributed by atoms with Crippen LogP contribution in [0.2, 0.25) is 0 Å². The summed E-state index contributed by atoms with van der Waals surface area (Å²) < 4.78 is 3.75. The fourth-order valence-electron chi connectivity index (χ4n) is 4.08. The van der Waals surface area contributed by atoms with Crippen LogP contribution >= 0.6 is 0 Å². The van der Waals surface area contributed by atoms with Gasteiger partial charge in [0.1, 0.15) is 11.3 Å². The van der Waals surface area contributed by atoms with Crippen LogP contribution in [0.5, 0.6) is 0 Å². The molecule has 7 heteroatoms. The molecule has 0 fully saturated rings. The summed E-state index contributed by atoms with van der Waals surface area (Å²) in [5.74, 6) is -0.207. The zero-order chi connectivity index (χ0) is 22.2. The molecule has 0 spiro atoms. The number of nitrogens with one attached hydrogen (secondary N) is 1. The van der Waals surface area contributed by atoms with Crippen molar-refractivity contribution in [3.63, 3.8) is 0 Å². The summed E-state index contributed by atoms with van der Waals surface area (Å²) in [6.07, 6.45) is 4.44. The molecule has 32 heavy (non-hydrogen) atoms. The smallest absolute Gasteiger partial charge is 0.274 e. The van der Waals surface area contributed by atoms with Gasteiger partial charge in [0.25, 0.3) is 5.91 Å². The van der Waals surface area contributed by atoms with Crippen LogP contribution in [0.3, 0.4) is 0 Å². The highest BCUT2D eigenvalue weighted by Gasteiger charge is 2.17. The maximum Gasteiger partial charge on any atom is 0.274 e. The molecule has 5 rings (SSSR count). The third-order valence-corrected chi connectivity index (χ3v) is 5.68. The average molecular weight is 425 g/mol. The number of benzene rings is 1. The third-order valence-electron chi connectivity index (χ3n) is 5.68. The Morgan fingerprint density at radius 3 is 2.75 bits per heavy atom. The first-order valence-electron chi connectivity index (χ1n) is 10.7. The summed E-state index contributed by atoms with van der Waals surface area (Å²) in [5.41, 5.74) is 6.91. The third kappa shape index (κ3) is 3.51. The SMILES string of the molecule is CCc1ccn2c(C(=O)Nc3cccc4c3c(C)nn4Cc3cccc(C)n3)cnc2c1. The van der Waals surface area contributed by atoms with E-state index in [9.17, 15) is 4.79 Å². The Kier molecular flexibility index (Phi) is 4.93. The first-order chi connectivity index (χ1) is 15.5. The molecule has 0 bridgehead atoms. The molecule has 0 aliphatic rings. The highest BCUT2D eigenvalue weighted by atomic mass is 16.1. The Morgan fingerprint density at radius 1 is 1.09 bits per heavy atom. The molecular weight excluding hydrogens is 400 g/mol. The normalized spacial score (nSPS) is 11.3. The molecule has 1 amide bonds. The predicted molar refractivity (Wildman–Crippen MR) is 125 cm³/mol. The number of carbonyl (C=O) groups excluding carboxylic acids is 1. The highest BCUT2D eigenvalue weighted by Crippen LogP contribution is 2.27. The summed E-state index contributed by atoms with van der Waals surface area (Å²) in [6, 6.07) is 15.8. The molecule has 0 radical (unpaired) electrons. The van der Waals surface area contributed by atoms with Crippen LogP contribution < -0.4 is 5.32 Å². The van der Waals surface area contributed by atoms with Crippen LogP contribution in [0.4, 0.5) is 5.69 Å². The number of pyridine rings is 2. The van der Waals surface area contributed by atoms with Crippen molar-refractivity contribution in [1.82, 2.24) is 24.1 Å². The Hall–Kier alpha value is -4.00. The Labute approximate surface area is 185 Å². The van der Waals surface area contributed by atoms with Crippen LogP contribution in [-0.2, 0) is 13.0 Å². The summed E-state index contributed by atoms with van der Waals surface area (Å²) in [4.78, 5) is 22.1. The first kappa shape index (κ1) is 19.9. The quantitative estimate of drug-likeness (QED) is 0.449. The van der Waals surface area contributed by atoms with Gasteiger partial charge >= 0.3 is 0 Å². The van der Waals surface area contributed by atoms with Gasteiger partial charge in [-0.05, 0) is 62.2 Å². The van der Waals surface area contributed by atoms with E-state index in [1.165, 1.54) is 5.56 Å². The zero-order valence-electron chi connectivity index (χ0n) is 18.3. The Balaban J connectivity index is 1.48. The van der Waals surface area contributed by atoms with Gasteiger partial charge in [-0.3, -0.25) is 18.9 Å². The van der Waals surface area contributed by atoms with Crippen molar-refractivity contribution in [2.75, 3.05) is 5.32 Å². The lowest BCUT2D eigenvalue weighted by Gasteiger charge is -2.08. The van der Waals surface area contributed by atoms with Crippen molar-refractivity contribution in [2.45, 2.75) is 33.7 Å². The number of hydrogen-bond acceptors (Lipinski definition) is 4. The van der Waals surface area contributed by atoms with Crippen molar-refractivity contribution < 1.29 is 4.79 Å². The molecule has 0 aliphatic carbocycles. The minimum Gasteiger partial charge on any atom is -0.320 e. The number of anilines is 1. The number of nitrogens with zero attached hydrogens (tertiary/aromatic N) is 5. The molecule has 4 aromatic heterocycles. The molecule has 0 aliphatic heterocycles. The van der Waals surface area contributed by atoms with Gasteiger partial charge in [-0.1, -0.05) is 19.1 Å². The highest BCUT2D eigenvalue weighted by molar-refractivity contribution is 6.08. The summed E-state index contributed by atoms with van der Waals surface area (Å²) in [6.45, 7) is 6.60. The molecular formula is C25H24N6O. The van der Waals surface area contributed by atoms with Gasteiger partial charge < -0.3 is 5.32 Å². The number of aryl methyl sites for hydroxylation is 3. The van der Waals surface area contributed by atoms with Gasteiger partial charge in [0.05, 0.1) is 35.3 Å². The van der Waals surface area contributed by atoms with Crippen LogP contribution in [0.15, 0.2) is 60.9 Å². The van der Waals surface area contributed by atoms with E-state index in [0.717, 1.165) is 45.7 Å². The lowest BCUT2D eigenvalue weighted by molar-refractivity contribution is 0.102. The van der Waals surface area contributed by atoms with E-state index >= 15 is 0 Å². The monoisotopic (exact) mass is 424 g/mol. The Morgan fingerprint density at radius 2 is 1.94 bits per heavy atom. The molecule has 5 aromatic rings. The van der Waals surface area contributed by atoms with Crippen LogP contribution in [0.1, 0.15) is 40.1 Å². The minimum atomic E-state index is -0.207. The van der Waals surface area contributed by atoms with Gasteiger partial charge in [-0.25, -0.2) is 4.98 Å². The molecule has 0 unspecified atom stereocenters. The topological polar surface area (TPSA) is 77.1 Å². The number of hydrogen-bond donors (Lipinski definition) is 1. The lowest BCUT2D eigenvalue weighted by atomic mass is 10.1. The second-order valence-electron chi connectivity index (χ2n) is 7.93. The second-order valence-corrected chi connectivity index (χ2v) is 7.93. The average Bonchev–Trinajstić information content (AvgIpc) is 3.35. The molecule has 0 saturated carbocycles. The van der Waals surface area contributed by atoms with Gasteiger partial charge in [-0.15, -0.1) is 0 Å². The number of rotatable bonds is 5. The zero-order valence-corrected chi connectivity index (χ0v) is 18.3. The van der Waals surface area contributed by atoms with Crippen molar-refractivity contribution in [1.29, 1.82) is 0 Å². The fourth-order valence-corrected chi connectivity index (χ4v) is 4.08. The first-order valence-corrected chi connectivity index (χ1v) is 10.7. The fraction of sp³-hybridized carbons (Fsp3) is 0.200. The summed E-state index contributed by atoms with van der Waals surface area (Å²) in [5, 5.41) is 8.72. The number of amides is 1. The molecule has 1 aromatic carbocycles. The van der Waals surface area contributed by atoms with Crippen LogP contribution in [0.25, 0.3) is 16.6 Å². The predicted octanol–water partition coefficient (Wildman–Crippen LogP) is 4.56. The van der Waals surface area contributed by atoms with Gasteiger partial charge in [0.2, 0.25) is 0 Å². The van der Waals surface area contributed by atoms with E-state index in [0.29, 0.717) is 12.2 Å². The largest absolute Gasteiger partial charge is 0.320 e. The molecule has 1 N–H and O–H groups in total. The van der Waals surface area contributed by atoms with Crippen LogP contribution in [0, 0.1) is 13.8 Å². The number of aromatic nitrogens is 5. The summed E-state index contributed by atoms with van der Waals surface area (Å²) >= 11 is 0. The van der Waals surface area contributed by atoms with Crippen molar-refractivity contribution >= 4 is 28.1 Å². The maximum atomic E-state index is 13.1. The lowest BCUT2D eigenvalue weighted by Crippen LogP contribution is -2.14.